The summed E-state index contributed by atoms with van der Waals surface area (Å²) in [5.41, 5.74) is 2.48. The summed E-state index contributed by atoms with van der Waals surface area (Å²) in [6, 6.07) is 3.71. The molecule has 0 aliphatic rings. The number of hydrogen-bond acceptors (Lipinski definition) is 3. The van der Waals surface area contributed by atoms with Gasteiger partial charge in [0.2, 0.25) is 15.9 Å². The Balaban J connectivity index is 2.71. The predicted octanol–water partition coefficient (Wildman–Crippen LogP) is 2.96. The summed E-state index contributed by atoms with van der Waals surface area (Å²) in [6.07, 6.45) is 1.95. The van der Waals surface area contributed by atoms with Crippen LogP contribution >= 0.6 is 11.6 Å². The number of anilines is 1. The molecule has 0 radical (unpaired) electrons. The van der Waals surface area contributed by atoms with Crippen molar-refractivity contribution in [1.29, 1.82) is 0 Å². The highest BCUT2D eigenvalue weighted by Crippen LogP contribution is 2.27. The lowest BCUT2D eigenvalue weighted by atomic mass is 10.1. The molecule has 0 saturated heterocycles. The van der Waals surface area contributed by atoms with E-state index >= 15 is 0 Å². The third kappa shape index (κ3) is 5.59. The van der Waals surface area contributed by atoms with Gasteiger partial charge in [0.15, 0.2) is 0 Å². The molecule has 124 valence electrons. The number of halogens is 1. The molecule has 1 aromatic rings. The van der Waals surface area contributed by atoms with Crippen molar-refractivity contribution in [3.63, 3.8) is 0 Å². The molecule has 5 nitrogen and oxygen atoms in total. The number of carbonyl (C=O) groups is 1. The van der Waals surface area contributed by atoms with Crippen LogP contribution in [0, 0.1) is 13.8 Å². The van der Waals surface area contributed by atoms with E-state index in [9.17, 15) is 13.2 Å². The zero-order chi connectivity index (χ0) is 16.9. The quantitative estimate of drug-likeness (QED) is 0.825. The first kappa shape index (κ1) is 18.9. The van der Waals surface area contributed by atoms with Crippen LogP contribution < -0.4 is 5.32 Å². The van der Waals surface area contributed by atoms with Gasteiger partial charge in [-0.05, 0) is 37.5 Å². The molecule has 1 amide bonds. The lowest BCUT2D eigenvalue weighted by Crippen LogP contribution is -2.33. The van der Waals surface area contributed by atoms with Gasteiger partial charge < -0.3 is 5.32 Å². The zero-order valence-corrected chi connectivity index (χ0v) is 15.0. The Labute approximate surface area is 137 Å². The summed E-state index contributed by atoms with van der Waals surface area (Å²) in [7, 11) is -3.29. The molecule has 1 aromatic carbocycles. The van der Waals surface area contributed by atoms with Gasteiger partial charge in [0, 0.05) is 19.5 Å². The van der Waals surface area contributed by atoms with E-state index in [0.717, 1.165) is 17.4 Å². The van der Waals surface area contributed by atoms with Gasteiger partial charge in [-0.2, -0.15) is 0 Å². The van der Waals surface area contributed by atoms with Gasteiger partial charge in [0.25, 0.3) is 0 Å². The van der Waals surface area contributed by atoms with Crippen molar-refractivity contribution < 1.29 is 13.2 Å². The van der Waals surface area contributed by atoms with Crippen molar-refractivity contribution in [2.24, 2.45) is 0 Å². The van der Waals surface area contributed by atoms with Gasteiger partial charge in [-0.3, -0.25) is 4.79 Å². The fourth-order valence-corrected chi connectivity index (χ4v) is 3.50. The second-order valence-electron chi connectivity index (χ2n) is 5.40. The molecule has 0 bridgehead atoms. The van der Waals surface area contributed by atoms with Crippen LogP contribution in [0.25, 0.3) is 0 Å². The Hall–Kier alpha value is -1.11. The molecular formula is C15H23ClN2O3S. The number of benzene rings is 1. The van der Waals surface area contributed by atoms with Crippen LogP contribution in [0.3, 0.4) is 0 Å². The van der Waals surface area contributed by atoms with Crippen molar-refractivity contribution in [2.45, 2.75) is 33.6 Å². The van der Waals surface area contributed by atoms with E-state index in [2.05, 4.69) is 5.32 Å². The molecule has 0 aromatic heterocycles. The Morgan fingerprint density at radius 1 is 1.27 bits per heavy atom. The summed E-state index contributed by atoms with van der Waals surface area (Å²) in [4.78, 5) is 12.0. The van der Waals surface area contributed by atoms with Crippen LogP contribution in [0.1, 0.15) is 30.9 Å². The molecular weight excluding hydrogens is 324 g/mol. The molecule has 0 unspecified atom stereocenters. The average Bonchev–Trinajstić information content (AvgIpc) is 2.37. The molecule has 1 rings (SSSR count). The first-order valence-electron chi connectivity index (χ1n) is 7.17. The number of rotatable bonds is 7. The van der Waals surface area contributed by atoms with Crippen molar-refractivity contribution in [2.75, 3.05) is 24.7 Å². The lowest BCUT2D eigenvalue weighted by Gasteiger charge is -2.19. The van der Waals surface area contributed by atoms with Crippen LogP contribution in [0.15, 0.2) is 12.1 Å². The molecule has 1 N–H and O–H groups in total. The van der Waals surface area contributed by atoms with Gasteiger partial charge in [0.05, 0.1) is 17.0 Å². The molecule has 22 heavy (non-hydrogen) atoms. The van der Waals surface area contributed by atoms with Crippen molar-refractivity contribution in [3.05, 3.63) is 28.3 Å². The first-order valence-corrected chi connectivity index (χ1v) is 9.39. The largest absolute Gasteiger partial charge is 0.325 e. The third-order valence-corrected chi connectivity index (χ3v) is 4.83. The maximum absolute atomic E-state index is 12.0. The highest BCUT2D eigenvalue weighted by Gasteiger charge is 2.17. The van der Waals surface area contributed by atoms with E-state index in [-0.39, 0.29) is 18.9 Å². The average molecular weight is 347 g/mol. The summed E-state index contributed by atoms with van der Waals surface area (Å²) in [5.74, 6) is -0.251. The molecule has 0 saturated carbocycles. The van der Waals surface area contributed by atoms with E-state index in [1.54, 1.807) is 6.07 Å². The first-order chi connectivity index (χ1) is 10.1. The molecule has 0 spiro atoms. The van der Waals surface area contributed by atoms with Crippen molar-refractivity contribution >= 4 is 33.2 Å². The lowest BCUT2D eigenvalue weighted by molar-refractivity contribution is -0.116. The van der Waals surface area contributed by atoms with Gasteiger partial charge in [-0.25, -0.2) is 12.7 Å². The van der Waals surface area contributed by atoms with Crippen molar-refractivity contribution in [3.8, 4) is 0 Å². The Kier molecular flexibility index (Phi) is 6.84. The van der Waals surface area contributed by atoms with E-state index in [4.69, 9.17) is 11.6 Å². The number of sulfonamides is 1. The van der Waals surface area contributed by atoms with Crippen LogP contribution in [0.2, 0.25) is 5.02 Å². The summed E-state index contributed by atoms with van der Waals surface area (Å²) < 4.78 is 24.5. The van der Waals surface area contributed by atoms with E-state index in [1.165, 1.54) is 4.31 Å². The third-order valence-electron chi connectivity index (χ3n) is 3.23. The molecule has 0 aliphatic carbocycles. The minimum absolute atomic E-state index is 0.0940. The van der Waals surface area contributed by atoms with Crippen LogP contribution in [0.5, 0.6) is 0 Å². The molecule has 0 atom stereocenters. The molecule has 0 fully saturated rings. The number of nitrogens with zero attached hydrogens (tertiary/aromatic N) is 1. The highest BCUT2D eigenvalue weighted by molar-refractivity contribution is 7.88. The molecule has 0 aliphatic heterocycles. The summed E-state index contributed by atoms with van der Waals surface area (Å²) >= 11 is 6.14. The van der Waals surface area contributed by atoms with E-state index in [0.29, 0.717) is 23.7 Å². The smallest absolute Gasteiger partial charge is 0.225 e. The summed E-state index contributed by atoms with van der Waals surface area (Å²) in [6.45, 7) is 6.28. The van der Waals surface area contributed by atoms with E-state index < -0.39 is 10.0 Å². The number of hydrogen-bond donors (Lipinski definition) is 1. The van der Waals surface area contributed by atoms with Crippen LogP contribution in [0.4, 0.5) is 5.69 Å². The van der Waals surface area contributed by atoms with Gasteiger partial charge in [-0.1, -0.05) is 24.6 Å². The predicted molar refractivity (Wildman–Crippen MR) is 90.9 cm³/mol. The minimum Gasteiger partial charge on any atom is -0.325 e. The van der Waals surface area contributed by atoms with Gasteiger partial charge >= 0.3 is 0 Å². The highest BCUT2D eigenvalue weighted by atomic mass is 35.5. The number of aryl methyl sites for hydroxylation is 2. The fraction of sp³-hybridized carbons (Fsp3) is 0.533. The molecule has 7 heteroatoms. The van der Waals surface area contributed by atoms with E-state index in [1.807, 2.05) is 26.8 Å². The normalized spacial score (nSPS) is 11.7. The summed E-state index contributed by atoms with van der Waals surface area (Å²) in [5, 5.41) is 3.25. The van der Waals surface area contributed by atoms with Crippen molar-refractivity contribution in [1.82, 2.24) is 4.31 Å². The van der Waals surface area contributed by atoms with Crippen LogP contribution in [-0.2, 0) is 14.8 Å². The van der Waals surface area contributed by atoms with Gasteiger partial charge in [0.1, 0.15) is 0 Å². The number of amides is 1. The SMILES string of the molecule is CCCN(CCC(=O)Nc1c(C)cc(C)cc1Cl)S(C)(=O)=O. The zero-order valence-electron chi connectivity index (χ0n) is 13.4. The molecule has 0 heterocycles. The Morgan fingerprint density at radius 2 is 1.91 bits per heavy atom. The van der Waals surface area contributed by atoms with Crippen LogP contribution in [-0.4, -0.2) is 38.0 Å². The number of carbonyl (C=O) groups excluding carboxylic acids is 1. The van der Waals surface area contributed by atoms with Gasteiger partial charge in [-0.15, -0.1) is 0 Å². The Morgan fingerprint density at radius 3 is 2.41 bits per heavy atom. The number of nitrogens with one attached hydrogen (secondary N) is 1. The topological polar surface area (TPSA) is 66.5 Å². The Bertz CT molecular complexity index is 621. The maximum Gasteiger partial charge on any atom is 0.225 e. The maximum atomic E-state index is 12.0. The second kappa shape index (κ2) is 7.94. The minimum atomic E-state index is -3.29. The standard InChI is InChI=1S/C15H23ClN2O3S/c1-5-7-18(22(4,20)21)8-6-14(19)17-15-12(3)9-11(2)10-13(15)16/h9-10H,5-8H2,1-4H3,(H,17,19). The fourth-order valence-electron chi connectivity index (χ4n) is 2.20. The monoisotopic (exact) mass is 346 g/mol. The second-order valence-corrected chi connectivity index (χ2v) is 7.79.